The van der Waals surface area contributed by atoms with Gasteiger partial charge in [0.05, 0.1) is 17.4 Å². The van der Waals surface area contributed by atoms with Crippen molar-refractivity contribution in [2.45, 2.75) is 42.8 Å². The average Bonchev–Trinajstić information content (AvgIpc) is 2.73. The number of hydrogen-bond acceptors (Lipinski definition) is 5. The minimum Gasteiger partial charge on any atom is -0.456 e. The molecule has 0 spiro atoms. The summed E-state index contributed by atoms with van der Waals surface area (Å²) < 4.78 is 5.05. The lowest BCUT2D eigenvalue weighted by molar-refractivity contribution is -0.147. The molecule has 1 aliphatic rings. The Bertz CT molecular complexity index is 898. The van der Waals surface area contributed by atoms with Crippen molar-refractivity contribution in [2.75, 3.05) is 17.2 Å². The lowest BCUT2D eigenvalue weighted by Crippen LogP contribution is -2.32. The van der Waals surface area contributed by atoms with Gasteiger partial charge in [-0.3, -0.25) is 14.4 Å². The fraction of sp³-hybridized carbons (Fsp3) is 0.318. The Morgan fingerprint density at radius 2 is 1.90 bits per heavy atom. The molecule has 3 rings (SSSR count). The SMILES string of the molecule is CC[C@@H](C)c1ccc(NC(=O)COC(=O)C[C@@H]2Sc3ccccc3NC2=O)cc1. The molecule has 2 N–H and O–H groups in total. The topological polar surface area (TPSA) is 84.5 Å². The van der Waals surface area contributed by atoms with E-state index in [4.69, 9.17) is 4.74 Å². The van der Waals surface area contributed by atoms with Crippen LogP contribution < -0.4 is 10.6 Å². The summed E-state index contributed by atoms with van der Waals surface area (Å²) >= 11 is 1.32. The molecule has 0 aliphatic carbocycles. The Kier molecular flexibility index (Phi) is 6.93. The molecule has 0 unspecified atom stereocenters. The number of ether oxygens (including phenoxy) is 1. The third-order valence-corrected chi connectivity index (χ3v) is 6.07. The zero-order chi connectivity index (χ0) is 20.8. The number of nitrogens with one attached hydrogen (secondary N) is 2. The maximum absolute atomic E-state index is 12.1. The summed E-state index contributed by atoms with van der Waals surface area (Å²) in [5.41, 5.74) is 2.60. The number of esters is 1. The van der Waals surface area contributed by atoms with Crippen molar-refractivity contribution in [3.05, 3.63) is 54.1 Å². The van der Waals surface area contributed by atoms with Gasteiger partial charge in [0.15, 0.2) is 6.61 Å². The molecule has 7 heteroatoms. The van der Waals surface area contributed by atoms with Gasteiger partial charge < -0.3 is 15.4 Å². The summed E-state index contributed by atoms with van der Waals surface area (Å²) in [6, 6.07) is 15.0. The van der Waals surface area contributed by atoms with Gasteiger partial charge in [0.2, 0.25) is 5.91 Å². The van der Waals surface area contributed by atoms with E-state index < -0.39 is 17.1 Å². The normalized spacial score (nSPS) is 16.3. The molecule has 29 heavy (non-hydrogen) atoms. The maximum atomic E-state index is 12.1. The number of anilines is 2. The van der Waals surface area contributed by atoms with E-state index in [1.54, 1.807) is 0 Å². The van der Waals surface area contributed by atoms with Crippen LogP contribution in [0.1, 0.15) is 38.2 Å². The highest BCUT2D eigenvalue weighted by Gasteiger charge is 2.29. The van der Waals surface area contributed by atoms with Crippen molar-refractivity contribution in [3.63, 3.8) is 0 Å². The summed E-state index contributed by atoms with van der Waals surface area (Å²) in [6.07, 6.45) is 0.951. The van der Waals surface area contributed by atoms with Crippen LogP contribution in [0.4, 0.5) is 11.4 Å². The smallest absolute Gasteiger partial charge is 0.307 e. The Morgan fingerprint density at radius 1 is 1.17 bits per heavy atom. The zero-order valence-electron chi connectivity index (χ0n) is 16.4. The molecule has 2 amide bonds. The van der Waals surface area contributed by atoms with E-state index >= 15 is 0 Å². The lowest BCUT2D eigenvalue weighted by atomic mass is 9.99. The molecule has 0 radical (unpaired) electrons. The van der Waals surface area contributed by atoms with E-state index in [1.165, 1.54) is 17.3 Å². The van der Waals surface area contributed by atoms with Gasteiger partial charge in [-0.1, -0.05) is 38.1 Å². The van der Waals surface area contributed by atoms with Gasteiger partial charge in [-0.2, -0.15) is 0 Å². The maximum Gasteiger partial charge on any atom is 0.307 e. The Balaban J connectivity index is 1.45. The van der Waals surface area contributed by atoms with Crippen molar-refractivity contribution >= 4 is 40.9 Å². The Hall–Kier alpha value is -2.80. The Labute approximate surface area is 174 Å². The van der Waals surface area contributed by atoms with Crippen LogP contribution in [0.2, 0.25) is 0 Å². The van der Waals surface area contributed by atoms with Crippen LogP contribution in [0.25, 0.3) is 0 Å². The molecule has 1 aliphatic heterocycles. The van der Waals surface area contributed by atoms with Crippen LogP contribution in [-0.4, -0.2) is 29.6 Å². The molecule has 1 heterocycles. The predicted molar refractivity (Wildman–Crippen MR) is 114 cm³/mol. The number of carbonyl (C=O) groups is 3. The van der Waals surface area contributed by atoms with E-state index in [1.807, 2.05) is 48.5 Å². The van der Waals surface area contributed by atoms with E-state index in [9.17, 15) is 14.4 Å². The lowest BCUT2D eigenvalue weighted by Gasteiger charge is -2.23. The molecule has 0 saturated heterocycles. The molecule has 152 valence electrons. The third kappa shape index (κ3) is 5.60. The van der Waals surface area contributed by atoms with Gasteiger partial charge in [0, 0.05) is 10.6 Å². The van der Waals surface area contributed by atoms with Crippen molar-refractivity contribution in [1.82, 2.24) is 0 Å². The zero-order valence-corrected chi connectivity index (χ0v) is 17.3. The van der Waals surface area contributed by atoms with E-state index in [0.29, 0.717) is 11.6 Å². The van der Waals surface area contributed by atoms with Crippen LogP contribution in [-0.2, 0) is 19.1 Å². The molecule has 2 aromatic carbocycles. The predicted octanol–water partition coefficient (Wildman–Crippen LogP) is 4.18. The fourth-order valence-corrected chi connectivity index (χ4v) is 4.01. The molecule has 0 bridgehead atoms. The molecule has 2 atom stereocenters. The van der Waals surface area contributed by atoms with Gasteiger partial charge in [-0.05, 0) is 42.2 Å². The molecule has 0 aromatic heterocycles. The number of rotatable bonds is 7. The first kappa shape index (κ1) is 20.9. The van der Waals surface area contributed by atoms with Crippen LogP contribution in [0.3, 0.4) is 0 Å². The number of fused-ring (bicyclic) bond motifs is 1. The third-order valence-electron chi connectivity index (χ3n) is 4.80. The molecular formula is C22H24N2O4S. The average molecular weight is 413 g/mol. The van der Waals surface area contributed by atoms with E-state index in [-0.39, 0.29) is 18.9 Å². The summed E-state index contributed by atoms with van der Waals surface area (Å²) in [6.45, 7) is 3.89. The second kappa shape index (κ2) is 9.60. The van der Waals surface area contributed by atoms with Crippen molar-refractivity contribution in [2.24, 2.45) is 0 Å². The van der Waals surface area contributed by atoms with Gasteiger partial charge in [0.25, 0.3) is 5.91 Å². The number of amides is 2. The second-order valence-corrected chi connectivity index (χ2v) is 8.18. The second-order valence-electron chi connectivity index (χ2n) is 6.94. The number of carbonyl (C=O) groups excluding carboxylic acids is 3. The van der Waals surface area contributed by atoms with Crippen molar-refractivity contribution < 1.29 is 19.1 Å². The van der Waals surface area contributed by atoms with Gasteiger partial charge in [-0.15, -0.1) is 11.8 Å². The van der Waals surface area contributed by atoms with E-state index in [2.05, 4.69) is 24.5 Å². The number of hydrogen-bond donors (Lipinski definition) is 2. The molecule has 0 saturated carbocycles. The molecule has 0 fully saturated rings. The standard InChI is InChI=1S/C22H24N2O4S/c1-3-14(2)15-8-10-16(11-9-15)23-20(25)13-28-21(26)12-19-22(27)24-17-6-4-5-7-18(17)29-19/h4-11,14,19H,3,12-13H2,1-2H3,(H,23,25)(H,24,27)/t14-,19+/m1/s1. The highest BCUT2D eigenvalue weighted by Crippen LogP contribution is 2.36. The van der Waals surface area contributed by atoms with Crippen molar-refractivity contribution in [3.8, 4) is 0 Å². The summed E-state index contributed by atoms with van der Waals surface area (Å²) in [4.78, 5) is 37.2. The van der Waals surface area contributed by atoms with Gasteiger partial charge in [0.1, 0.15) is 0 Å². The van der Waals surface area contributed by atoms with Crippen molar-refractivity contribution in [1.29, 1.82) is 0 Å². The van der Waals surface area contributed by atoms with Crippen LogP contribution in [0.5, 0.6) is 0 Å². The number of para-hydroxylation sites is 1. The van der Waals surface area contributed by atoms with E-state index in [0.717, 1.165) is 17.0 Å². The highest BCUT2D eigenvalue weighted by molar-refractivity contribution is 8.01. The molecule has 6 nitrogen and oxygen atoms in total. The molecular weight excluding hydrogens is 388 g/mol. The minimum atomic E-state index is -0.584. The molecule has 2 aromatic rings. The van der Waals surface area contributed by atoms with Gasteiger partial charge in [-0.25, -0.2) is 0 Å². The first-order valence-corrected chi connectivity index (χ1v) is 10.5. The Morgan fingerprint density at radius 3 is 2.62 bits per heavy atom. The minimum absolute atomic E-state index is 0.0955. The quantitative estimate of drug-likeness (QED) is 0.667. The van der Waals surface area contributed by atoms with Gasteiger partial charge >= 0.3 is 5.97 Å². The summed E-state index contributed by atoms with van der Waals surface area (Å²) in [5.74, 6) is -0.779. The summed E-state index contributed by atoms with van der Waals surface area (Å²) in [5, 5.41) is 4.91. The number of thioether (sulfide) groups is 1. The summed E-state index contributed by atoms with van der Waals surface area (Å²) in [7, 11) is 0. The first-order valence-electron chi connectivity index (χ1n) is 9.58. The monoisotopic (exact) mass is 412 g/mol. The largest absolute Gasteiger partial charge is 0.456 e. The van der Waals surface area contributed by atoms with Crippen LogP contribution in [0, 0.1) is 0 Å². The van der Waals surface area contributed by atoms with Crippen LogP contribution in [0.15, 0.2) is 53.4 Å². The highest BCUT2D eigenvalue weighted by atomic mass is 32.2. The first-order chi connectivity index (χ1) is 14.0. The van der Waals surface area contributed by atoms with Crippen LogP contribution >= 0.6 is 11.8 Å². The fourth-order valence-electron chi connectivity index (χ4n) is 2.91. The number of benzene rings is 2.